The van der Waals surface area contributed by atoms with Crippen molar-refractivity contribution in [3.63, 3.8) is 0 Å². The molecule has 3 aliphatic rings. The van der Waals surface area contributed by atoms with Gasteiger partial charge < -0.3 is 0 Å². The third-order valence-electron chi connectivity index (χ3n) is 4.81. The van der Waals surface area contributed by atoms with Crippen LogP contribution in [0, 0.1) is 28.6 Å². The lowest BCUT2D eigenvalue weighted by Crippen LogP contribution is -2.29. The quantitative estimate of drug-likeness (QED) is 0.592. The Labute approximate surface area is 129 Å². The monoisotopic (exact) mass is 302 g/mol. The van der Waals surface area contributed by atoms with Crippen molar-refractivity contribution in [3.8, 4) is 11.8 Å². The van der Waals surface area contributed by atoms with E-state index in [4.69, 9.17) is 0 Å². The molecule has 1 saturated heterocycles. The molecule has 1 aliphatic heterocycles. The molecule has 3 rings (SSSR count). The lowest BCUT2D eigenvalue weighted by molar-refractivity contribution is -0.116. The molecule has 0 aromatic carbocycles. The second kappa shape index (κ2) is 6.53. The summed E-state index contributed by atoms with van der Waals surface area (Å²) in [6.07, 6.45) is 6.91. The maximum absolute atomic E-state index is 13.9. The van der Waals surface area contributed by atoms with Crippen LogP contribution in [0.1, 0.15) is 25.7 Å². The van der Waals surface area contributed by atoms with Gasteiger partial charge in [-0.1, -0.05) is 24.3 Å². The zero-order chi connectivity index (χ0) is 15.5. The molecule has 3 atom stereocenters. The van der Waals surface area contributed by atoms with Crippen molar-refractivity contribution in [2.24, 2.45) is 17.0 Å². The number of nitrogens with zero attached hydrogens (tertiary/aromatic N) is 2. The molecule has 0 bridgehead atoms. The van der Waals surface area contributed by atoms with Crippen LogP contribution >= 0.6 is 0 Å². The molecule has 1 saturated carbocycles. The average molecular weight is 302 g/mol. The number of halogens is 1. The fourth-order valence-corrected chi connectivity index (χ4v) is 3.70. The Morgan fingerprint density at radius 1 is 1.36 bits per heavy atom. The lowest BCUT2D eigenvalue weighted by atomic mass is 10.0. The van der Waals surface area contributed by atoms with E-state index in [1.54, 1.807) is 6.08 Å². The van der Waals surface area contributed by atoms with Gasteiger partial charge >= 0.3 is 0 Å². The van der Waals surface area contributed by atoms with Gasteiger partial charge in [0.25, 0.3) is 0 Å². The Bertz CT molecular complexity index is 588. The molecule has 4 nitrogen and oxygen atoms in total. The number of hydrogen-bond donors (Lipinski definition) is 0. The van der Waals surface area contributed by atoms with Crippen molar-refractivity contribution in [2.75, 3.05) is 19.6 Å². The van der Waals surface area contributed by atoms with Crippen LogP contribution in [0.3, 0.4) is 0 Å². The molecule has 0 aromatic rings. The van der Waals surface area contributed by atoms with E-state index in [-0.39, 0.29) is 5.78 Å². The van der Waals surface area contributed by atoms with Gasteiger partial charge in [0.1, 0.15) is 5.83 Å². The van der Waals surface area contributed by atoms with Crippen molar-refractivity contribution in [3.05, 3.63) is 28.5 Å². The van der Waals surface area contributed by atoms with Gasteiger partial charge in [0.2, 0.25) is 6.04 Å². The maximum atomic E-state index is 13.9. The highest BCUT2D eigenvalue weighted by Crippen LogP contribution is 2.37. The molecule has 2 aliphatic carbocycles. The van der Waals surface area contributed by atoms with Crippen LogP contribution in [0.4, 0.5) is 4.39 Å². The van der Waals surface area contributed by atoms with E-state index in [0.29, 0.717) is 18.5 Å². The fourth-order valence-electron chi connectivity index (χ4n) is 3.70. The molecule has 0 aromatic heterocycles. The summed E-state index contributed by atoms with van der Waals surface area (Å²) < 4.78 is 13.9. The van der Waals surface area contributed by atoms with E-state index >= 15 is 0 Å². The molecule has 0 radical (unpaired) electrons. The number of allylic oxidation sites excluding steroid dienone is 2. The Morgan fingerprint density at radius 3 is 2.77 bits per heavy atom. The molecule has 1 heterocycles. The molecule has 5 heteroatoms. The summed E-state index contributed by atoms with van der Waals surface area (Å²) in [6, 6.07) is -1.29. The number of hydrogen-bond acceptors (Lipinski definition) is 4. The van der Waals surface area contributed by atoms with Crippen molar-refractivity contribution in [2.45, 2.75) is 31.7 Å². The number of nitroso groups, excluding NO2 is 1. The van der Waals surface area contributed by atoms with Gasteiger partial charge in [-0.3, -0.25) is 9.69 Å². The summed E-state index contributed by atoms with van der Waals surface area (Å²) >= 11 is 0. The fraction of sp³-hybridized carbons (Fsp3) is 0.588. The zero-order valence-corrected chi connectivity index (χ0v) is 12.4. The molecule has 0 N–H and O–H groups in total. The predicted octanol–water partition coefficient (Wildman–Crippen LogP) is 2.61. The average Bonchev–Trinajstić information content (AvgIpc) is 3.04. The van der Waals surface area contributed by atoms with Crippen LogP contribution in [0.5, 0.6) is 0 Å². The Kier molecular flexibility index (Phi) is 4.49. The highest BCUT2D eigenvalue weighted by atomic mass is 19.1. The van der Waals surface area contributed by atoms with Gasteiger partial charge in [-0.15, -0.1) is 4.91 Å². The third-order valence-corrected chi connectivity index (χ3v) is 4.81. The number of likely N-dealkylation sites (tertiary alicyclic amines) is 1. The Hall–Kier alpha value is -1.80. The van der Waals surface area contributed by atoms with E-state index in [1.165, 1.54) is 19.3 Å². The molecule has 0 spiro atoms. The number of fused-ring (bicyclic) bond motifs is 1. The lowest BCUT2D eigenvalue weighted by Gasteiger charge is -2.16. The SMILES string of the molecule is O=NC1C#CC/C=C(/C(=O)CN2CC3CCCC3C2)C=C1F. The summed E-state index contributed by atoms with van der Waals surface area (Å²) in [4.78, 5) is 25.1. The first kappa shape index (κ1) is 15.1. The Balaban J connectivity index is 1.66. The van der Waals surface area contributed by atoms with Crippen LogP contribution in [0.25, 0.3) is 0 Å². The topological polar surface area (TPSA) is 49.7 Å². The van der Waals surface area contributed by atoms with Gasteiger partial charge in [0.05, 0.1) is 6.54 Å². The highest BCUT2D eigenvalue weighted by Gasteiger charge is 2.36. The van der Waals surface area contributed by atoms with Gasteiger partial charge in [-0.25, -0.2) is 4.39 Å². The first-order chi connectivity index (χ1) is 10.7. The second-order valence-corrected chi connectivity index (χ2v) is 6.29. The van der Waals surface area contributed by atoms with Crippen LogP contribution in [-0.4, -0.2) is 36.4 Å². The number of rotatable bonds is 4. The number of Topliss-reactive ketones (excluding diaryl/α,β-unsaturated/α-hetero) is 1. The summed E-state index contributed by atoms with van der Waals surface area (Å²) in [5.41, 5.74) is 0.303. The standard InChI is InChI=1S/C17H19FN2O2/c18-15-8-12(4-1-2-7-16(15)19-22)17(21)11-20-9-13-5-3-6-14(13)10-20/h4,8,13-14,16H,1,3,5-6,9-11H2/b12-4+,15-8?. The summed E-state index contributed by atoms with van der Waals surface area (Å²) in [7, 11) is 0. The van der Waals surface area contributed by atoms with E-state index in [1.807, 2.05) is 0 Å². The maximum Gasteiger partial charge on any atom is 0.203 e. The van der Waals surface area contributed by atoms with E-state index in [9.17, 15) is 14.1 Å². The van der Waals surface area contributed by atoms with E-state index in [0.717, 1.165) is 31.0 Å². The molecule has 2 fully saturated rings. The van der Waals surface area contributed by atoms with Crippen molar-refractivity contribution < 1.29 is 9.18 Å². The normalized spacial score (nSPS) is 33.6. The van der Waals surface area contributed by atoms with Crippen LogP contribution in [-0.2, 0) is 4.79 Å². The molecule has 0 amide bonds. The minimum atomic E-state index is -1.29. The van der Waals surface area contributed by atoms with Crippen molar-refractivity contribution in [1.29, 1.82) is 0 Å². The first-order valence-corrected chi connectivity index (χ1v) is 7.81. The smallest absolute Gasteiger partial charge is 0.203 e. The van der Waals surface area contributed by atoms with E-state index < -0.39 is 11.9 Å². The number of ketones is 1. The van der Waals surface area contributed by atoms with Gasteiger partial charge in [-0.2, -0.15) is 0 Å². The minimum Gasteiger partial charge on any atom is -0.295 e. The van der Waals surface area contributed by atoms with Crippen LogP contribution in [0.15, 0.2) is 28.7 Å². The van der Waals surface area contributed by atoms with Crippen LogP contribution in [0.2, 0.25) is 0 Å². The van der Waals surface area contributed by atoms with Gasteiger partial charge in [0, 0.05) is 25.1 Å². The largest absolute Gasteiger partial charge is 0.295 e. The summed E-state index contributed by atoms with van der Waals surface area (Å²) in [6.45, 7) is 2.25. The van der Waals surface area contributed by atoms with Gasteiger partial charge in [0.15, 0.2) is 5.78 Å². The predicted molar refractivity (Wildman–Crippen MR) is 81.5 cm³/mol. The molecular weight excluding hydrogens is 283 g/mol. The van der Waals surface area contributed by atoms with Crippen molar-refractivity contribution in [1.82, 2.24) is 4.90 Å². The van der Waals surface area contributed by atoms with Crippen molar-refractivity contribution >= 4 is 5.78 Å². The summed E-state index contributed by atoms with van der Waals surface area (Å²) in [5, 5.41) is 2.65. The number of carbonyl (C=O) groups excluding carboxylic acids is 1. The minimum absolute atomic E-state index is 0.108. The Morgan fingerprint density at radius 2 is 2.09 bits per heavy atom. The molecule has 22 heavy (non-hydrogen) atoms. The van der Waals surface area contributed by atoms with Crippen LogP contribution < -0.4 is 0 Å². The highest BCUT2D eigenvalue weighted by molar-refractivity contribution is 5.99. The number of carbonyl (C=O) groups is 1. The second-order valence-electron chi connectivity index (χ2n) is 6.29. The molecule has 3 unspecified atom stereocenters. The summed E-state index contributed by atoms with van der Waals surface area (Å²) in [5.74, 6) is 5.69. The van der Waals surface area contributed by atoms with Gasteiger partial charge in [-0.05, 0) is 35.9 Å². The first-order valence-electron chi connectivity index (χ1n) is 7.81. The third kappa shape index (κ3) is 3.17. The molecular formula is C17H19FN2O2. The molecule has 116 valence electrons. The van der Waals surface area contributed by atoms with E-state index in [2.05, 4.69) is 21.9 Å². The zero-order valence-electron chi connectivity index (χ0n) is 12.4.